The molecule has 0 spiro atoms. The summed E-state index contributed by atoms with van der Waals surface area (Å²) in [5.74, 6) is 1.67. The zero-order chi connectivity index (χ0) is 19.2. The number of amides is 1. The first-order valence-corrected chi connectivity index (χ1v) is 11.1. The highest BCUT2D eigenvalue weighted by molar-refractivity contribution is 7.98. The number of hydrogen-bond acceptors (Lipinski definition) is 4. The van der Waals surface area contributed by atoms with Crippen molar-refractivity contribution in [3.05, 3.63) is 74.2 Å². The van der Waals surface area contributed by atoms with Crippen LogP contribution in [0.5, 0.6) is 0 Å². The standard InChI is InChI=1S/C20H22ClN3OS2/c1-14-5-7-16(8-6-14)12-24-19(21)18(15(2)23-24)20(25)22-9-11-26-13-17-4-3-10-27-17/h3-8,10H,9,11-13H2,1-2H3,(H,22,25). The van der Waals surface area contributed by atoms with Gasteiger partial charge in [-0.1, -0.05) is 47.5 Å². The molecule has 1 amide bonds. The highest BCUT2D eigenvalue weighted by Gasteiger charge is 2.20. The Labute approximate surface area is 172 Å². The first-order valence-electron chi connectivity index (χ1n) is 8.71. The van der Waals surface area contributed by atoms with Crippen molar-refractivity contribution in [3.63, 3.8) is 0 Å². The molecular formula is C20H22ClN3OS2. The molecule has 7 heteroatoms. The Hall–Kier alpha value is -1.76. The zero-order valence-electron chi connectivity index (χ0n) is 15.4. The van der Waals surface area contributed by atoms with Gasteiger partial charge in [0.05, 0.1) is 17.8 Å². The number of nitrogens with zero attached hydrogens (tertiary/aromatic N) is 2. The Kier molecular flexibility index (Phi) is 6.99. The third-order valence-corrected chi connectivity index (χ3v) is 6.55. The summed E-state index contributed by atoms with van der Waals surface area (Å²) in [6.45, 7) is 5.02. The number of hydrogen-bond donors (Lipinski definition) is 1. The molecule has 1 aromatic carbocycles. The van der Waals surface area contributed by atoms with Crippen LogP contribution in [0.1, 0.15) is 32.1 Å². The minimum Gasteiger partial charge on any atom is -0.351 e. The van der Waals surface area contributed by atoms with Crippen LogP contribution in [0, 0.1) is 13.8 Å². The van der Waals surface area contributed by atoms with Crippen molar-refractivity contribution in [1.82, 2.24) is 15.1 Å². The predicted octanol–water partition coefficient (Wildman–Crippen LogP) is 4.93. The second kappa shape index (κ2) is 9.44. The maximum Gasteiger partial charge on any atom is 0.256 e. The lowest BCUT2D eigenvalue weighted by atomic mass is 10.1. The quantitative estimate of drug-likeness (QED) is 0.527. The summed E-state index contributed by atoms with van der Waals surface area (Å²) >= 11 is 10.0. The number of rotatable bonds is 8. The van der Waals surface area contributed by atoms with E-state index in [1.165, 1.54) is 10.4 Å². The average molecular weight is 420 g/mol. The van der Waals surface area contributed by atoms with E-state index in [0.29, 0.717) is 29.5 Å². The monoisotopic (exact) mass is 419 g/mol. The smallest absolute Gasteiger partial charge is 0.256 e. The van der Waals surface area contributed by atoms with Crippen LogP contribution in [0.3, 0.4) is 0 Å². The number of aryl methyl sites for hydroxylation is 2. The average Bonchev–Trinajstić information content (AvgIpc) is 3.25. The Balaban J connectivity index is 1.54. The van der Waals surface area contributed by atoms with Gasteiger partial charge in [0, 0.05) is 22.9 Å². The van der Waals surface area contributed by atoms with E-state index in [2.05, 4.69) is 47.0 Å². The second-order valence-electron chi connectivity index (χ2n) is 6.28. The molecule has 2 aromatic heterocycles. The summed E-state index contributed by atoms with van der Waals surface area (Å²) < 4.78 is 1.68. The Morgan fingerprint density at radius 3 is 2.74 bits per heavy atom. The van der Waals surface area contributed by atoms with E-state index >= 15 is 0 Å². The van der Waals surface area contributed by atoms with Crippen molar-refractivity contribution >= 4 is 40.6 Å². The fourth-order valence-electron chi connectivity index (χ4n) is 2.68. The molecule has 0 saturated heterocycles. The third-order valence-electron chi connectivity index (χ3n) is 4.10. The number of thioether (sulfide) groups is 1. The van der Waals surface area contributed by atoms with Crippen LogP contribution in [0.15, 0.2) is 41.8 Å². The van der Waals surface area contributed by atoms with Crippen molar-refractivity contribution in [2.45, 2.75) is 26.1 Å². The fourth-order valence-corrected chi connectivity index (χ4v) is 4.69. The van der Waals surface area contributed by atoms with Crippen molar-refractivity contribution in [2.24, 2.45) is 0 Å². The summed E-state index contributed by atoms with van der Waals surface area (Å²) in [6.07, 6.45) is 0. The maximum atomic E-state index is 12.5. The normalized spacial score (nSPS) is 10.9. The Morgan fingerprint density at radius 2 is 2.04 bits per heavy atom. The number of carbonyl (C=O) groups excluding carboxylic acids is 1. The molecule has 0 bridgehead atoms. The molecule has 0 radical (unpaired) electrons. The molecule has 0 atom stereocenters. The van der Waals surface area contributed by atoms with Crippen LogP contribution < -0.4 is 5.32 Å². The van der Waals surface area contributed by atoms with Gasteiger partial charge in [-0.05, 0) is 30.9 Å². The Bertz CT molecular complexity index is 889. The molecule has 4 nitrogen and oxygen atoms in total. The van der Waals surface area contributed by atoms with Gasteiger partial charge >= 0.3 is 0 Å². The SMILES string of the molecule is Cc1ccc(Cn2nc(C)c(C(=O)NCCSCc3cccs3)c2Cl)cc1. The number of thiophene rings is 1. The number of halogens is 1. The van der Waals surface area contributed by atoms with Crippen LogP contribution in [-0.4, -0.2) is 28.0 Å². The van der Waals surface area contributed by atoms with E-state index in [9.17, 15) is 4.79 Å². The molecule has 2 heterocycles. The minimum atomic E-state index is -0.163. The fraction of sp³-hybridized carbons (Fsp3) is 0.300. The summed E-state index contributed by atoms with van der Waals surface area (Å²) in [4.78, 5) is 13.9. The van der Waals surface area contributed by atoms with E-state index in [0.717, 1.165) is 17.1 Å². The van der Waals surface area contributed by atoms with Gasteiger partial charge in [0.25, 0.3) is 5.91 Å². The second-order valence-corrected chi connectivity index (χ2v) is 8.78. The van der Waals surface area contributed by atoms with Gasteiger partial charge in [-0.2, -0.15) is 16.9 Å². The zero-order valence-corrected chi connectivity index (χ0v) is 17.8. The van der Waals surface area contributed by atoms with Gasteiger partial charge < -0.3 is 5.32 Å². The van der Waals surface area contributed by atoms with Gasteiger partial charge in [0.1, 0.15) is 5.15 Å². The first-order chi connectivity index (χ1) is 13.0. The maximum absolute atomic E-state index is 12.5. The molecule has 1 N–H and O–H groups in total. The van der Waals surface area contributed by atoms with Crippen LogP contribution in [0.2, 0.25) is 5.15 Å². The van der Waals surface area contributed by atoms with Crippen LogP contribution in [-0.2, 0) is 12.3 Å². The summed E-state index contributed by atoms with van der Waals surface area (Å²) in [6, 6.07) is 12.4. The van der Waals surface area contributed by atoms with Crippen LogP contribution >= 0.6 is 34.7 Å². The van der Waals surface area contributed by atoms with Crippen LogP contribution in [0.4, 0.5) is 0 Å². The minimum absolute atomic E-state index is 0.163. The van der Waals surface area contributed by atoms with E-state index in [1.54, 1.807) is 27.8 Å². The topological polar surface area (TPSA) is 46.9 Å². The van der Waals surface area contributed by atoms with Gasteiger partial charge in [0.2, 0.25) is 0 Å². The molecule has 0 aliphatic carbocycles. The summed E-state index contributed by atoms with van der Waals surface area (Å²) in [5, 5.41) is 9.86. The number of carbonyl (C=O) groups is 1. The van der Waals surface area contributed by atoms with Crippen molar-refractivity contribution < 1.29 is 4.79 Å². The molecular weight excluding hydrogens is 398 g/mol. The summed E-state index contributed by atoms with van der Waals surface area (Å²) in [7, 11) is 0. The van der Waals surface area contributed by atoms with Crippen molar-refractivity contribution in [2.75, 3.05) is 12.3 Å². The predicted molar refractivity (Wildman–Crippen MR) is 115 cm³/mol. The third kappa shape index (κ3) is 5.37. The first kappa shape index (κ1) is 20.0. The largest absolute Gasteiger partial charge is 0.351 e. The summed E-state index contributed by atoms with van der Waals surface area (Å²) in [5.41, 5.74) is 3.42. The van der Waals surface area contributed by atoms with Crippen molar-refractivity contribution in [3.8, 4) is 0 Å². The van der Waals surface area contributed by atoms with E-state index in [1.807, 2.05) is 19.1 Å². The highest BCUT2D eigenvalue weighted by Crippen LogP contribution is 2.21. The molecule has 0 aliphatic heterocycles. The molecule has 142 valence electrons. The number of aromatic nitrogens is 2. The molecule has 0 fully saturated rings. The Morgan fingerprint density at radius 1 is 1.26 bits per heavy atom. The van der Waals surface area contributed by atoms with Gasteiger partial charge in [-0.15, -0.1) is 11.3 Å². The lowest BCUT2D eigenvalue weighted by molar-refractivity contribution is 0.0955. The lowest BCUT2D eigenvalue weighted by Crippen LogP contribution is -2.26. The molecule has 27 heavy (non-hydrogen) atoms. The number of benzene rings is 1. The van der Waals surface area contributed by atoms with E-state index in [4.69, 9.17) is 11.6 Å². The van der Waals surface area contributed by atoms with E-state index in [-0.39, 0.29) is 5.91 Å². The highest BCUT2D eigenvalue weighted by atomic mass is 35.5. The van der Waals surface area contributed by atoms with Gasteiger partial charge in [-0.3, -0.25) is 4.79 Å². The van der Waals surface area contributed by atoms with Gasteiger partial charge in [0.15, 0.2) is 0 Å². The molecule has 0 saturated carbocycles. The van der Waals surface area contributed by atoms with Gasteiger partial charge in [-0.25, -0.2) is 4.68 Å². The molecule has 0 unspecified atom stereocenters. The van der Waals surface area contributed by atoms with Crippen molar-refractivity contribution in [1.29, 1.82) is 0 Å². The van der Waals surface area contributed by atoms with E-state index < -0.39 is 0 Å². The molecule has 3 aromatic rings. The number of nitrogens with one attached hydrogen (secondary N) is 1. The van der Waals surface area contributed by atoms with Crippen LogP contribution in [0.25, 0.3) is 0 Å². The molecule has 3 rings (SSSR count). The lowest BCUT2D eigenvalue weighted by Gasteiger charge is -2.06. The molecule has 0 aliphatic rings.